The van der Waals surface area contributed by atoms with Crippen molar-refractivity contribution < 1.29 is 14.3 Å². The third-order valence-electron chi connectivity index (χ3n) is 7.38. The van der Waals surface area contributed by atoms with Crippen molar-refractivity contribution in [2.24, 2.45) is 5.41 Å². The average molecular weight is 464 g/mol. The van der Waals surface area contributed by atoms with E-state index in [0.29, 0.717) is 6.04 Å². The van der Waals surface area contributed by atoms with Crippen LogP contribution >= 0.6 is 0 Å². The van der Waals surface area contributed by atoms with Crippen LogP contribution < -0.4 is 4.74 Å². The molecule has 34 heavy (non-hydrogen) atoms. The minimum Gasteiger partial charge on any atom is -0.490 e. The van der Waals surface area contributed by atoms with Crippen molar-refractivity contribution in [2.45, 2.75) is 77.7 Å². The summed E-state index contributed by atoms with van der Waals surface area (Å²) in [5.41, 5.74) is 3.56. The fraction of sp³-hybridized carbons (Fsp3) is 0.571. The molecule has 5 rings (SSSR count). The van der Waals surface area contributed by atoms with Gasteiger partial charge in [0.25, 0.3) is 0 Å². The minimum absolute atomic E-state index is 0.199. The van der Waals surface area contributed by atoms with E-state index >= 15 is 0 Å². The summed E-state index contributed by atoms with van der Waals surface area (Å²) in [5.74, 6) is 0.998. The Morgan fingerprint density at radius 3 is 2.56 bits per heavy atom. The van der Waals surface area contributed by atoms with Crippen LogP contribution in [0.4, 0.5) is 4.79 Å². The SMILES string of the molecule is CCC1c2c(OC3CC4(C3)CN(C(=O)OC(C)(C)C)C4)ccnc2CCN1Cc1ccccc1. The zero-order valence-electron chi connectivity index (χ0n) is 20.9. The maximum absolute atomic E-state index is 12.3. The summed E-state index contributed by atoms with van der Waals surface area (Å²) in [6.45, 7) is 11.5. The summed E-state index contributed by atoms with van der Waals surface area (Å²) in [6, 6.07) is 13.1. The Morgan fingerprint density at radius 2 is 1.88 bits per heavy atom. The molecule has 1 aliphatic carbocycles. The van der Waals surface area contributed by atoms with Gasteiger partial charge in [-0.1, -0.05) is 37.3 Å². The van der Waals surface area contributed by atoms with Crippen LogP contribution in [-0.2, 0) is 17.7 Å². The largest absolute Gasteiger partial charge is 0.490 e. The summed E-state index contributed by atoms with van der Waals surface area (Å²) < 4.78 is 12.1. The van der Waals surface area contributed by atoms with Crippen LogP contribution in [0.2, 0.25) is 0 Å². The third kappa shape index (κ3) is 4.65. The molecule has 0 N–H and O–H groups in total. The lowest BCUT2D eigenvalue weighted by atomic mass is 9.62. The first-order valence-electron chi connectivity index (χ1n) is 12.7. The molecule has 1 unspecified atom stereocenters. The molecule has 1 atom stereocenters. The van der Waals surface area contributed by atoms with Crippen LogP contribution in [0.1, 0.15) is 69.8 Å². The number of rotatable bonds is 5. The van der Waals surface area contributed by atoms with Gasteiger partial charge in [-0.3, -0.25) is 9.88 Å². The lowest BCUT2D eigenvalue weighted by molar-refractivity contribution is -0.117. The summed E-state index contributed by atoms with van der Waals surface area (Å²) >= 11 is 0. The van der Waals surface area contributed by atoms with Crippen molar-refractivity contribution in [1.29, 1.82) is 0 Å². The van der Waals surface area contributed by atoms with Gasteiger partial charge in [-0.15, -0.1) is 0 Å². The molecule has 1 spiro atoms. The Labute approximate surface area is 203 Å². The van der Waals surface area contributed by atoms with Crippen molar-refractivity contribution in [1.82, 2.24) is 14.8 Å². The molecule has 1 aromatic carbocycles. The van der Waals surface area contributed by atoms with Gasteiger partial charge in [0.2, 0.25) is 0 Å². The van der Waals surface area contributed by atoms with Crippen molar-refractivity contribution in [2.75, 3.05) is 19.6 Å². The number of benzene rings is 1. The fourth-order valence-electron chi connectivity index (χ4n) is 5.86. The zero-order valence-corrected chi connectivity index (χ0v) is 20.9. The van der Waals surface area contributed by atoms with Gasteiger partial charge >= 0.3 is 6.09 Å². The van der Waals surface area contributed by atoms with E-state index in [-0.39, 0.29) is 17.6 Å². The molecule has 6 heteroatoms. The smallest absolute Gasteiger partial charge is 0.410 e. The van der Waals surface area contributed by atoms with E-state index in [9.17, 15) is 4.79 Å². The summed E-state index contributed by atoms with van der Waals surface area (Å²) in [7, 11) is 0. The molecule has 3 heterocycles. The number of carbonyl (C=O) groups excluding carboxylic acids is 1. The highest BCUT2D eigenvalue weighted by Crippen LogP contribution is 2.51. The summed E-state index contributed by atoms with van der Waals surface area (Å²) in [4.78, 5) is 21.4. The predicted octanol–water partition coefficient (Wildman–Crippen LogP) is 5.37. The van der Waals surface area contributed by atoms with E-state index in [1.54, 1.807) is 0 Å². The van der Waals surface area contributed by atoms with Gasteiger partial charge in [-0.05, 0) is 51.7 Å². The van der Waals surface area contributed by atoms with Gasteiger partial charge in [-0.25, -0.2) is 4.79 Å². The van der Waals surface area contributed by atoms with Crippen molar-refractivity contribution in [3.05, 3.63) is 59.4 Å². The van der Waals surface area contributed by atoms with E-state index in [2.05, 4.69) is 42.2 Å². The zero-order chi connectivity index (χ0) is 23.9. The number of pyridine rings is 1. The second-order valence-corrected chi connectivity index (χ2v) is 11.3. The Kier molecular flexibility index (Phi) is 6.05. The molecule has 3 aliphatic rings. The van der Waals surface area contributed by atoms with Gasteiger partial charge < -0.3 is 14.4 Å². The number of hydrogen-bond acceptors (Lipinski definition) is 5. The molecule has 2 aliphatic heterocycles. The monoisotopic (exact) mass is 463 g/mol. The highest BCUT2D eigenvalue weighted by Gasteiger charge is 2.55. The number of hydrogen-bond donors (Lipinski definition) is 0. The van der Waals surface area contributed by atoms with Gasteiger partial charge in [0.1, 0.15) is 17.5 Å². The van der Waals surface area contributed by atoms with Gasteiger partial charge in [0.05, 0.1) is 5.69 Å². The van der Waals surface area contributed by atoms with E-state index < -0.39 is 5.60 Å². The number of ether oxygens (including phenoxy) is 2. The van der Waals surface area contributed by atoms with Crippen LogP contribution in [0.15, 0.2) is 42.6 Å². The molecule has 1 saturated heterocycles. The quantitative estimate of drug-likeness (QED) is 0.597. The molecular weight excluding hydrogens is 426 g/mol. The van der Waals surface area contributed by atoms with Crippen molar-refractivity contribution in [3.8, 4) is 5.75 Å². The first kappa shape index (κ1) is 23.2. The molecule has 2 aromatic rings. The molecule has 182 valence electrons. The van der Waals surface area contributed by atoms with E-state index in [1.165, 1.54) is 16.8 Å². The van der Waals surface area contributed by atoms with E-state index in [1.807, 2.05) is 37.9 Å². The molecular formula is C28H37N3O3. The topological polar surface area (TPSA) is 54.9 Å². The van der Waals surface area contributed by atoms with Gasteiger partial charge in [0.15, 0.2) is 0 Å². The van der Waals surface area contributed by atoms with Gasteiger partial charge in [0, 0.05) is 55.8 Å². The predicted molar refractivity (Wildman–Crippen MR) is 132 cm³/mol. The van der Waals surface area contributed by atoms with Gasteiger partial charge in [-0.2, -0.15) is 0 Å². The lowest BCUT2D eigenvalue weighted by Crippen LogP contribution is -2.66. The number of aromatic nitrogens is 1. The van der Waals surface area contributed by atoms with Crippen LogP contribution in [0.25, 0.3) is 0 Å². The molecule has 0 bridgehead atoms. The molecule has 2 fully saturated rings. The standard InChI is InChI=1S/C28H37N3O3/c1-5-23-25-22(12-14-30(23)17-20-9-7-6-8-10-20)29-13-11-24(25)33-21-15-28(16-21)18-31(19-28)26(32)34-27(2,3)4/h6-11,13,21,23H,5,12,14-19H2,1-4H3. The Bertz CT molecular complexity index is 1020. The molecule has 0 radical (unpaired) electrons. The van der Waals surface area contributed by atoms with Crippen LogP contribution in [0, 0.1) is 5.41 Å². The first-order valence-corrected chi connectivity index (χ1v) is 12.7. The lowest BCUT2D eigenvalue weighted by Gasteiger charge is -2.58. The third-order valence-corrected chi connectivity index (χ3v) is 7.38. The minimum atomic E-state index is -0.449. The Balaban J connectivity index is 1.22. The normalized spacial score (nSPS) is 22.0. The highest BCUT2D eigenvalue weighted by molar-refractivity contribution is 5.69. The maximum atomic E-state index is 12.3. The molecule has 6 nitrogen and oxygen atoms in total. The number of fused-ring (bicyclic) bond motifs is 1. The second kappa shape index (κ2) is 8.88. The first-order chi connectivity index (χ1) is 16.3. The van der Waals surface area contributed by atoms with Crippen LogP contribution in [0.3, 0.4) is 0 Å². The van der Waals surface area contributed by atoms with E-state index in [4.69, 9.17) is 14.5 Å². The second-order valence-electron chi connectivity index (χ2n) is 11.3. The van der Waals surface area contributed by atoms with Crippen LogP contribution in [0.5, 0.6) is 5.75 Å². The number of nitrogens with zero attached hydrogens (tertiary/aromatic N) is 3. The summed E-state index contributed by atoms with van der Waals surface area (Å²) in [6.07, 6.45) is 5.87. The fourth-order valence-corrected chi connectivity index (χ4v) is 5.86. The molecule has 1 saturated carbocycles. The van der Waals surface area contributed by atoms with Crippen molar-refractivity contribution >= 4 is 6.09 Å². The number of likely N-dealkylation sites (tertiary alicyclic amines) is 1. The Morgan fingerprint density at radius 1 is 1.15 bits per heavy atom. The molecule has 1 aromatic heterocycles. The number of carbonyl (C=O) groups is 1. The van der Waals surface area contributed by atoms with E-state index in [0.717, 1.165) is 57.6 Å². The maximum Gasteiger partial charge on any atom is 0.410 e. The van der Waals surface area contributed by atoms with Crippen LogP contribution in [-0.4, -0.2) is 52.2 Å². The highest BCUT2D eigenvalue weighted by atomic mass is 16.6. The molecule has 1 amide bonds. The van der Waals surface area contributed by atoms with Crippen molar-refractivity contribution in [3.63, 3.8) is 0 Å². The Hall–Kier alpha value is -2.60. The number of amides is 1. The summed E-state index contributed by atoms with van der Waals surface area (Å²) in [5, 5.41) is 0. The average Bonchev–Trinajstić information content (AvgIpc) is 2.74.